The highest BCUT2D eigenvalue weighted by Crippen LogP contribution is 2.39. The summed E-state index contributed by atoms with van der Waals surface area (Å²) < 4.78 is 77.2. The Morgan fingerprint density at radius 3 is 1.35 bits per heavy atom. The Balaban J connectivity index is 0.000000121. The van der Waals surface area contributed by atoms with Gasteiger partial charge in [0.15, 0.2) is 45.3 Å². The molecule has 0 aliphatic heterocycles. The molecular formula is C110H104ClF4N15O6. The number of hydrogen-bond donors (Lipinski definition) is 3. The molecule has 0 fully saturated rings. The Hall–Kier alpha value is -14.8. The molecule has 14 aromatic heterocycles. The highest BCUT2D eigenvalue weighted by Gasteiger charge is 2.25. The van der Waals surface area contributed by atoms with Gasteiger partial charge in [0, 0.05) is 114 Å². The first-order valence-corrected chi connectivity index (χ1v) is 45.5. The van der Waals surface area contributed by atoms with Gasteiger partial charge >= 0.3 is 0 Å². The fourth-order valence-corrected chi connectivity index (χ4v) is 15.6. The van der Waals surface area contributed by atoms with Gasteiger partial charge in [-0.2, -0.15) is 9.97 Å². The van der Waals surface area contributed by atoms with E-state index in [0.717, 1.165) is 108 Å². The summed E-state index contributed by atoms with van der Waals surface area (Å²) in [4.78, 5) is 63.3. The average Bonchev–Trinajstić information content (AvgIpc) is 1.65. The van der Waals surface area contributed by atoms with E-state index in [-0.39, 0.29) is 53.5 Å². The molecule has 3 N–H and O–H groups in total. The fraction of sp³-hybridized carbons (Fsp3) is 0.236. The molecule has 19 aromatic rings. The molecule has 26 heteroatoms. The van der Waals surface area contributed by atoms with Crippen molar-refractivity contribution in [1.82, 2.24) is 74.8 Å². The Morgan fingerprint density at radius 1 is 0.375 bits per heavy atom. The molecule has 0 spiro atoms. The first-order chi connectivity index (χ1) is 65.5. The zero-order valence-electron chi connectivity index (χ0n) is 78.2. The Labute approximate surface area is 790 Å². The minimum atomic E-state index is -0.402. The number of allylic oxidation sites excluding steroid dienone is 2. The van der Waals surface area contributed by atoms with E-state index in [9.17, 15) is 27.8 Å². The Bertz CT molecular complexity index is 7060. The summed E-state index contributed by atoms with van der Waals surface area (Å²) in [6, 6.07) is 49.6. The molecule has 0 radical (unpaired) electrons. The summed E-state index contributed by atoms with van der Waals surface area (Å²) in [5, 5.41) is 20.8. The monoisotopic (exact) mass is 1840 g/mol. The first kappa shape index (κ1) is 95.8. The molecule has 0 bridgehead atoms. The largest absolute Gasteiger partial charge is 0.436 e. The lowest BCUT2D eigenvalue weighted by Gasteiger charge is -2.11. The van der Waals surface area contributed by atoms with E-state index in [4.69, 9.17) is 29.3 Å². The normalized spacial score (nSPS) is 12.0. The van der Waals surface area contributed by atoms with E-state index in [2.05, 4.69) is 201 Å². The maximum atomic E-state index is 13.8. The second-order valence-electron chi connectivity index (χ2n) is 35.3. The topological polar surface area (TPSA) is 289 Å². The number of fused-ring (bicyclic) bond motifs is 7. The van der Waals surface area contributed by atoms with Gasteiger partial charge in [-0.3, -0.25) is 34.9 Å². The van der Waals surface area contributed by atoms with E-state index in [1.165, 1.54) is 51.9 Å². The number of H-pyrrole nitrogens is 1. The van der Waals surface area contributed by atoms with Crippen molar-refractivity contribution in [1.29, 1.82) is 0 Å². The zero-order valence-corrected chi connectivity index (χ0v) is 79.0. The van der Waals surface area contributed by atoms with E-state index >= 15 is 0 Å². The molecule has 136 heavy (non-hydrogen) atoms. The third-order valence-corrected chi connectivity index (χ3v) is 23.5. The van der Waals surface area contributed by atoms with Gasteiger partial charge in [0.25, 0.3) is 0 Å². The predicted molar refractivity (Wildman–Crippen MR) is 528 cm³/mol. The van der Waals surface area contributed by atoms with Gasteiger partial charge in [0.2, 0.25) is 23.6 Å². The van der Waals surface area contributed by atoms with Crippen molar-refractivity contribution >= 4 is 90.5 Å². The van der Waals surface area contributed by atoms with Crippen molar-refractivity contribution in [3.8, 4) is 57.2 Å². The second kappa shape index (κ2) is 43.0. The molecule has 2 aliphatic rings. The smallest absolute Gasteiger partial charge is 0.247 e. The SMILES string of the molecule is CC(C)c1cc(C2=Cc3c(F)cccc3C2)ncc1Cl.CC(C)c1cnc(CO)c(-c2cc3ccccc3[nH]2)c1.CC(C)c1cnc(CO)c(-c2nc3ncccc3o2)c1.CC(C)c1cncc(-c2nc3c(F)cccc3o2)c1.CC(C)c1cncc(-c2nc3c(F)cccc3o2)n1.CC(C)c1cncc(-c2nc3ncccc3o2)c1.Cc1cnc(C2=Cc3c(F)cccc3C2)cc1C(C)C. The predicted octanol–water partition coefficient (Wildman–Crippen LogP) is 27.7. The molecule has 0 saturated carbocycles. The van der Waals surface area contributed by atoms with Crippen LogP contribution in [0.3, 0.4) is 0 Å². The molecule has 0 saturated heterocycles. The van der Waals surface area contributed by atoms with Crippen LogP contribution in [0.25, 0.3) is 136 Å². The van der Waals surface area contributed by atoms with Crippen molar-refractivity contribution in [3.05, 3.63) is 356 Å². The van der Waals surface area contributed by atoms with Gasteiger partial charge in [-0.15, -0.1) is 0 Å². The van der Waals surface area contributed by atoms with Crippen molar-refractivity contribution in [2.75, 3.05) is 0 Å². The van der Waals surface area contributed by atoms with Crippen LogP contribution in [0.4, 0.5) is 17.6 Å². The van der Waals surface area contributed by atoms with Crippen molar-refractivity contribution in [2.24, 2.45) is 0 Å². The molecule has 21 nitrogen and oxygen atoms in total. The van der Waals surface area contributed by atoms with Crippen LogP contribution in [0, 0.1) is 30.2 Å². The summed E-state index contributed by atoms with van der Waals surface area (Å²) in [7, 11) is 0. The maximum Gasteiger partial charge on any atom is 0.247 e. The fourth-order valence-electron chi connectivity index (χ4n) is 15.3. The highest BCUT2D eigenvalue weighted by atomic mass is 35.5. The number of aryl methyl sites for hydroxylation is 1. The van der Waals surface area contributed by atoms with Crippen LogP contribution in [0.2, 0.25) is 5.02 Å². The third-order valence-electron chi connectivity index (χ3n) is 23.2. The lowest BCUT2D eigenvalue weighted by molar-refractivity contribution is 0.277. The number of rotatable bonds is 16. The molecular weight excluding hydrogens is 1740 g/mol. The van der Waals surface area contributed by atoms with Crippen LogP contribution < -0.4 is 0 Å². The Morgan fingerprint density at radius 2 is 0.831 bits per heavy atom. The summed E-state index contributed by atoms with van der Waals surface area (Å²) in [5.41, 5.74) is 27.5. The average molecular weight is 1840 g/mol. The van der Waals surface area contributed by atoms with Gasteiger partial charge in [0.05, 0.1) is 69.6 Å². The van der Waals surface area contributed by atoms with Gasteiger partial charge < -0.3 is 32.9 Å². The van der Waals surface area contributed by atoms with Crippen LogP contribution in [0.5, 0.6) is 0 Å². The Kier molecular flexibility index (Phi) is 30.3. The molecule has 2 aliphatic carbocycles. The van der Waals surface area contributed by atoms with Gasteiger partial charge in [-0.05, 0) is 231 Å². The molecule has 0 atom stereocenters. The third kappa shape index (κ3) is 22.5. The van der Waals surface area contributed by atoms with Crippen LogP contribution in [0.1, 0.15) is 228 Å². The summed E-state index contributed by atoms with van der Waals surface area (Å²) in [5.74, 6) is 3.23. The number of benzene rings is 5. The maximum absolute atomic E-state index is 13.8. The number of para-hydroxylation sites is 3. The number of nitrogens with one attached hydrogen (secondary N) is 1. The number of aliphatic hydroxyl groups excluding tert-OH is 2. The summed E-state index contributed by atoms with van der Waals surface area (Å²) in [6.45, 7) is 31.4. The van der Waals surface area contributed by atoms with Crippen LogP contribution in [0.15, 0.2) is 256 Å². The van der Waals surface area contributed by atoms with E-state index in [1.54, 1.807) is 92.0 Å². The van der Waals surface area contributed by atoms with E-state index in [1.807, 2.05) is 111 Å². The molecule has 0 unspecified atom stereocenters. The molecule has 0 amide bonds. The standard InChI is InChI=1S/C18H18FN.C17H15ClFN.C17H18N2O.C15H13FN2O.C15H15N3O2.C14H12FN3O.C14H13N3O/c1-11(2)15-9-18(20-10-12(15)3)14-7-13-5-4-6-17(19)16(13)8-14;1-10(2)13-8-17(20-9-15(13)18)12-6-11-4-3-5-16(19)14(11)7-12;1-11(2)13-7-14(17(10-20)18-9-13)16-8-12-5-3-4-6-15(12)19-16;1-9(2)10-6-11(8-17-7-10)15-18-14-12(16)4-3-5-13(14)19-15;1-9(2)10-6-11(12(8-19)17-7-10)15-18-14-13(20-15)4-3-5-16-14;1-8(2)10-6-16-7-11(17-10)14-18-13-9(15)4-3-5-12(13)19-14;1-9(2)10-6-11(8-15-7-10)14-17-13-12(18-14)4-3-5-16-13/h4-6,8-11H,7H2,1-3H3;3-5,7-10H,6H2,1-2H3;3-9,11,19-20H,10H2,1-2H3;3-9H,1-2H3;3-7,9,19H,8H2,1-2H3;3-8H,1-2H3;3-9H,1-2H3. The second-order valence-corrected chi connectivity index (χ2v) is 35.7. The number of aromatic nitrogens is 15. The number of aliphatic hydroxyl groups is 2. The lowest BCUT2D eigenvalue weighted by atomic mass is 9.97. The number of pyridine rings is 8. The van der Waals surface area contributed by atoms with E-state index < -0.39 is 5.82 Å². The summed E-state index contributed by atoms with van der Waals surface area (Å²) >= 11 is 6.17. The minimum Gasteiger partial charge on any atom is -0.436 e. The van der Waals surface area contributed by atoms with Crippen molar-refractivity contribution in [3.63, 3.8) is 0 Å². The zero-order chi connectivity index (χ0) is 96.1. The number of nitrogens with zero attached hydrogens (tertiary/aromatic N) is 14. The van der Waals surface area contributed by atoms with Gasteiger partial charge in [-0.25, -0.2) is 42.5 Å². The first-order valence-electron chi connectivity index (χ1n) is 45.2. The number of oxazole rings is 4. The quantitative estimate of drug-likeness (QED) is 0.0757. The molecule has 21 rings (SSSR count). The molecule has 14 heterocycles. The number of halogens is 5. The van der Waals surface area contributed by atoms with Crippen LogP contribution >= 0.6 is 11.6 Å². The van der Waals surface area contributed by atoms with Gasteiger partial charge in [0.1, 0.15) is 28.4 Å². The van der Waals surface area contributed by atoms with Crippen LogP contribution in [-0.4, -0.2) is 85.0 Å². The van der Waals surface area contributed by atoms with Crippen molar-refractivity contribution < 1.29 is 45.4 Å². The van der Waals surface area contributed by atoms with Gasteiger partial charge in [-0.1, -0.05) is 163 Å². The number of hydrogen-bond acceptors (Lipinski definition) is 20. The molecule has 690 valence electrons. The number of aromatic amines is 1. The molecule has 5 aromatic carbocycles. The highest BCUT2D eigenvalue weighted by molar-refractivity contribution is 6.31. The lowest BCUT2D eigenvalue weighted by Crippen LogP contribution is -1.98. The summed E-state index contributed by atoms with van der Waals surface area (Å²) in [6.07, 6.45) is 26.3. The minimum absolute atomic E-state index is 0.0525. The van der Waals surface area contributed by atoms with E-state index in [0.29, 0.717) is 114 Å². The van der Waals surface area contributed by atoms with Crippen LogP contribution in [-0.2, 0) is 26.1 Å². The van der Waals surface area contributed by atoms with Crippen molar-refractivity contribution in [2.45, 2.75) is 171 Å².